The van der Waals surface area contributed by atoms with Gasteiger partial charge in [0.05, 0.1) is 6.54 Å². The first kappa shape index (κ1) is 18.7. The van der Waals surface area contributed by atoms with Gasteiger partial charge in [-0.3, -0.25) is 14.5 Å². The molecule has 1 saturated heterocycles. The summed E-state index contributed by atoms with van der Waals surface area (Å²) in [6.07, 6.45) is 0.950. The Balaban J connectivity index is 1.69. The number of urea groups is 1. The Morgan fingerprint density at radius 3 is 2.44 bits per heavy atom. The summed E-state index contributed by atoms with van der Waals surface area (Å²) >= 11 is 0. The normalized spacial score (nSPS) is 19.3. The van der Waals surface area contributed by atoms with Gasteiger partial charge in [-0.2, -0.15) is 0 Å². The minimum atomic E-state index is -1.16. The molecule has 0 spiro atoms. The molecule has 3 amide bonds. The van der Waals surface area contributed by atoms with Gasteiger partial charge in [0.1, 0.15) is 5.54 Å². The number of carbonyl (C=O) groups excluding carboxylic acids is 3. The van der Waals surface area contributed by atoms with Gasteiger partial charge in [-0.05, 0) is 43.5 Å². The summed E-state index contributed by atoms with van der Waals surface area (Å²) in [5, 5.41) is 2.63. The first-order valence-electron chi connectivity index (χ1n) is 8.46. The van der Waals surface area contributed by atoms with Crippen molar-refractivity contribution < 1.29 is 23.2 Å². The topological polar surface area (TPSA) is 66.5 Å². The van der Waals surface area contributed by atoms with Crippen LogP contribution in [0.2, 0.25) is 0 Å². The lowest BCUT2D eigenvalue weighted by Gasteiger charge is -2.21. The maximum absolute atomic E-state index is 13.3. The van der Waals surface area contributed by atoms with Gasteiger partial charge in [0.15, 0.2) is 17.4 Å². The van der Waals surface area contributed by atoms with Crippen LogP contribution in [0.5, 0.6) is 0 Å². The van der Waals surface area contributed by atoms with Gasteiger partial charge in [-0.15, -0.1) is 0 Å². The van der Waals surface area contributed by atoms with Gasteiger partial charge < -0.3 is 5.32 Å². The molecule has 2 aromatic rings. The molecule has 0 unspecified atom stereocenters. The second kappa shape index (κ2) is 7.26. The van der Waals surface area contributed by atoms with Crippen LogP contribution in [0.25, 0.3) is 0 Å². The molecule has 1 N–H and O–H groups in total. The Kier molecular flexibility index (Phi) is 5.03. The standard InChI is InChI=1S/C20H18F2N2O3/c1-20(10-9-13-5-3-2-4-6-13)18(26)24(19(27)23-20)12-17(25)14-7-8-15(21)16(22)11-14/h2-8,11H,9-10,12H2,1H3,(H,23,27)/t20-/m1/s1. The maximum atomic E-state index is 13.3. The van der Waals surface area contributed by atoms with Crippen molar-refractivity contribution in [3.8, 4) is 0 Å². The first-order valence-corrected chi connectivity index (χ1v) is 8.46. The highest BCUT2D eigenvalue weighted by atomic mass is 19.2. The summed E-state index contributed by atoms with van der Waals surface area (Å²) in [7, 11) is 0. The van der Waals surface area contributed by atoms with Gasteiger partial charge in [0.2, 0.25) is 0 Å². The van der Waals surface area contributed by atoms with Crippen LogP contribution >= 0.6 is 0 Å². The van der Waals surface area contributed by atoms with Crippen LogP contribution in [0.4, 0.5) is 13.6 Å². The number of nitrogens with zero attached hydrogens (tertiary/aromatic N) is 1. The van der Waals surface area contributed by atoms with Crippen LogP contribution in [0.3, 0.4) is 0 Å². The fourth-order valence-corrected chi connectivity index (χ4v) is 3.00. The third-order valence-electron chi connectivity index (χ3n) is 4.64. The number of aryl methyl sites for hydroxylation is 1. The summed E-state index contributed by atoms with van der Waals surface area (Å²) in [4.78, 5) is 38.0. The Labute approximate surface area is 155 Å². The van der Waals surface area contributed by atoms with E-state index < -0.39 is 41.4 Å². The number of halogens is 2. The van der Waals surface area contributed by atoms with E-state index in [9.17, 15) is 23.2 Å². The second-order valence-electron chi connectivity index (χ2n) is 6.69. The molecular weight excluding hydrogens is 354 g/mol. The van der Waals surface area contributed by atoms with E-state index in [-0.39, 0.29) is 5.56 Å². The highest BCUT2D eigenvalue weighted by molar-refractivity contribution is 6.11. The average molecular weight is 372 g/mol. The number of hydrogen-bond donors (Lipinski definition) is 1. The number of nitrogens with one attached hydrogen (secondary N) is 1. The highest BCUT2D eigenvalue weighted by Gasteiger charge is 2.47. The Bertz CT molecular complexity index is 901. The van der Waals surface area contributed by atoms with Gasteiger partial charge in [-0.1, -0.05) is 30.3 Å². The summed E-state index contributed by atoms with van der Waals surface area (Å²) in [5.74, 6) is -3.40. The number of ketones is 1. The van der Waals surface area contributed by atoms with Gasteiger partial charge in [0, 0.05) is 5.56 Å². The predicted octanol–water partition coefficient (Wildman–Crippen LogP) is 3.09. The summed E-state index contributed by atoms with van der Waals surface area (Å²) in [6.45, 7) is 1.08. The number of hydrogen-bond acceptors (Lipinski definition) is 3. The van der Waals surface area contributed by atoms with Crippen molar-refractivity contribution in [2.75, 3.05) is 6.54 Å². The molecule has 0 bridgehead atoms. The molecule has 0 radical (unpaired) electrons. The number of benzene rings is 2. The van der Waals surface area contributed by atoms with Crippen molar-refractivity contribution in [3.05, 3.63) is 71.3 Å². The van der Waals surface area contributed by atoms with Crippen molar-refractivity contribution in [2.45, 2.75) is 25.3 Å². The second-order valence-corrected chi connectivity index (χ2v) is 6.69. The largest absolute Gasteiger partial charge is 0.325 e. The van der Waals surface area contributed by atoms with Gasteiger partial charge >= 0.3 is 6.03 Å². The molecule has 2 aromatic carbocycles. The number of imide groups is 1. The highest BCUT2D eigenvalue weighted by Crippen LogP contribution is 2.24. The van der Waals surface area contributed by atoms with Crippen LogP contribution in [0, 0.1) is 11.6 Å². The molecule has 0 saturated carbocycles. The number of amides is 3. The lowest BCUT2D eigenvalue weighted by atomic mass is 9.93. The zero-order valence-corrected chi connectivity index (χ0v) is 14.7. The first-order chi connectivity index (χ1) is 12.8. The smallest absolute Gasteiger partial charge is 0.323 e. The zero-order valence-electron chi connectivity index (χ0n) is 14.7. The lowest BCUT2D eigenvalue weighted by molar-refractivity contribution is -0.130. The molecule has 1 aliphatic heterocycles. The fourth-order valence-electron chi connectivity index (χ4n) is 3.00. The molecule has 0 aromatic heterocycles. The summed E-state index contributed by atoms with van der Waals surface area (Å²) in [5.41, 5.74) is -0.203. The van der Waals surface area contributed by atoms with Gasteiger partial charge in [-0.25, -0.2) is 13.6 Å². The van der Waals surface area contributed by atoms with E-state index in [1.807, 2.05) is 30.3 Å². The van der Waals surface area contributed by atoms with Crippen molar-refractivity contribution in [3.63, 3.8) is 0 Å². The van der Waals surface area contributed by atoms with E-state index in [1.165, 1.54) is 0 Å². The number of rotatable bonds is 6. The van der Waals surface area contributed by atoms with Crippen molar-refractivity contribution in [1.82, 2.24) is 10.2 Å². The molecular formula is C20H18F2N2O3. The molecule has 1 fully saturated rings. The van der Waals surface area contributed by atoms with E-state index in [1.54, 1.807) is 6.92 Å². The van der Waals surface area contributed by atoms with Crippen LogP contribution in [-0.4, -0.2) is 34.7 Å². The van der Waals surface area contributed by atoms with Crippen molar-refractivity contribution in [1.29, 1.82) is 0 Å². The lowest BCUT2D eigenvalue weighted by Crippen LogP contribution is -2.44. The third kappa shape index (κ3) is 3.86. The van der Waals surface area contributed by atoms with E-state index in [0.717, 1.165) is 28.7 Å². The molecule has 1 atom stereocenters. The number of Topliss-reactive ketones (excluding diaryl/α,β-unsaturated/α-hetero) is 1. The molecule has 140 valence electrons. The Hall–Kier alpha value is -3.09. The van der Waals surface area contributed by atoms with E-state index in [2.05, 4.69) is 5.32 Å². The van der Waals surface area contributed by atoms with Crippen LogP contribution in [0.15, 0.2) is 48.5 Å². The molecule has 1 aliphatic rings. The van der Waals surface area contributed by atoms with Crippen LogP contribution in [0.1, 0.15) is 29.3 Å². The minimum Gasteiger partial charge on any atom is -0.323 e. The quantitative estimate of drug-likeness (QED) is 0.626. The molecule has 5 nitrogen and oxygen atoms in total. The van der Waals surface area contributed by atoms with E-state index in [4.69, 9.17) is 0 Å². The van der Waals surface area contributed by atoms with Gasteiger partial charge in [0.25, 0.3) is 5.91 Å². The van der Waals surface area contributed by atoms with Crippen LogP contribution in [-0.2, 0) is 11.2 Å². The average Bonchev–Trinajstić information content (AvgIpc) is 2.86. The summed E-state index contributed by atoms with van der Waals surface area (Å²) in [6, 6.07) is 11.5. The zero-order chi connectivity index (χ0) is 19.6. The molecule has 1 heterocycles. The molecule has 3 rings (SSSR count). The minimum absolute atomic E-state index is 0.104. The predicted molar refractivity (Wildman–Crippen MR) is 94.1 cm³/mol. The number of carbonyl (C=O) groups is 3. The third-order valence-corrected chi connectivity index (χ3v) is 4.64. The molecule has 0 aliphatic carbocycles. The van der Waals surface area contributed by atoms with Crippen LogP contribution < -0.4 is 5.32 Å². The fraction of sp³-hybridized carbons (Fsp3) is 0.250. The maximum Gasteiger partial charge on any atom is 0.325 e. The monoisotopic (exact) mass is 372 g/mol. The Morgan fingerprint density at radius 2 is 1.78 bits per heavy atom. The summed E-state index contributed by atoms with van der Waals surface area (Å²) < 4.78 is 26.3. The van der Waals surface area contributed by atoms with E-state index in [0.29, 0.717) is 12.8 Å². The van der Waals surface area contributed by atoms with E-state index >= 15 is 0 Å². The molecule has 7 heteroatoms. The van der Waals surface area contributed by atoms with Crippen molar-refractivity contribution >= 4 is 17.7 Å². The SMILES string of the molecule is C[C@]1(CCc2ccccc2)NC(=O)N(CC(=O)c2ccc(F)c(F)c2)C1=O. The van der Waals surface area contributed by atoms with Crippen molar-refractivity contribution in [2.24, 2.45) is 0 Å². The Morgan fingerprint density at radius 1 is 1.07 bits per heavy atom. The molecule has 27 heavy (non-hydrogen) atoms.